The van der Waals surface area contributed by atoms with Crippen LogP contribution in [0, 0.1) is 11.3 Å². The van der Waals surface area contributed by atoms with Crippen LogP contribution in [-0.2, 0) is 13.2 Å². The van der Waals surface area contributed by atoms with Gasteiger partial charge in [-0.3, -0.25) is 9.59 Å². The number of nitrogens with one attached hydrogen (secondary N) is 1. The molecule has 2 amide bonds. The van der Waals surface area contributed by atoms with E-state index in [-0.39, 0.29) is 18.9 Å². The molecule has 3 rings (SSSR count). The van der Waals surface area contributed by atoms with Crippen LogP contribution in [0.5, 0.6) is 5.75 Å². The smallest absolute Gasteiger partial charge is 0.287 e. The van der Waals surface area contributed by atoms with Crippen LogP contribution in [0.25, 0.3) is 0 Å². The maximum atomic E-state index is 12.2. The quantitative estimate of drug-likeness (QED) is 0.658. The summed E-state index contributed by atoms with van der Waals surface area (Å²) in [4.78, 5) is 23.5. The first-order chi connectivity index (χ1) is 13.6. The number of carbonyl (C=O) groups excluding carboxylic acids is 2. The second-order valence-corrected chi connectivity index (χ2v) is 5.91. The van der Waals surface area contributed by atoms with Crippen LogP contribution in [0.2, 0.25) is 0 Å². The van der Waals surface area contributed by atoms with Crippen molar-refractivity contribution in [2.45, 2.75) is 13.2 Å². The Hall–Kier alpha value is -4.05. The minimum absolute atomic E-state index is 0.0899. The molecule has 0 atom stereocenters. The van der Waals surface area contributed by atoms with Crippen LogP contribution in [-0.4, -0.2) is 11.8 Å². The number of carbonyl (C=O) groups is 2. The summed E-state index contributed by atoms with van der Waals surface area (Å²) < 4.78 is 11.1. The van der Waals surface area contributed by atoms with Crippen LogP contribution in [0.1, 0.15) is 37.8 Å². The average molecular weight is 375 g/mol. The third kappa shape index (κ3) is 4.56. The number of primary amides is 1. The predicted octanol–water partition coefficient (Wildman–Crippen LogP) is 2.76. The fourth-order valence-electron chi connectivity index (χ4n) is 2.52. The molecule has 0 aliphatic carbocycles. The highest BCUT2D eigenvalue weighted by Gasteiger charge is 2.12. The van der Waals surface area contributed by atoms with Crippen molar-refractivity contribution in [3.63, 3.8) is 0 Å². The van der Waals surface area contributed by atoms with Gasteiger partial charge in [-0.15, -0.1) is 0 Å². The molecule has 1 aromatic heterocycles. The first kappa shape index (κ1) is 18.7. The minimum atomic E-state index is -0.526. The first-order valence-electron chi connectivity index (χ1n) is 8.44. The van der Waals surface area contributed by atoms with Gasteiger partial charge in [-0.25, -0.2) is 0 Å². The number of benzene rings is 2. The van der Waals surface area contributed by atoms with Gasteiger partial charge in [0, 0.05) is 12.1 Å². The van der Waals surface area contributed by atoms with Crippen LogP contribution < -0.4 is 15.8 Å². The van der Waals surface area contributed by atoms with Crippen molar-refractivity contribution in [3.8, 4) is 11.8 Å². The van der Waals surface area contributed by atoms with E-state index in [9.17, 15) is 9.59 Å². The molecule has 2 aromatic carbocycles. The number of nitriles is 1. The molecule has 28 heavy (non-hydrogen) atoms. The van der Waals surface area contributed by atoms with E-state index in [1.54, 1.807) is 60.7 Å². The molecule has 1 heterocycles. The summed E-state index contributed by atoms with van der Waals surface area (Å²) in [7, 11) is 0. The third-order valence-electron chi connectivity index (χ3n) is 3.93. The number of furan rings is 1. The predicted molar refractivity (Wildman–Crippen MR) is 100 cm³/mol. The molecule has 7 heteroatoms. The van der Waals surface area contributed by atoms with Gasteiger partial charge >= 0.3 is 0 Å². The highest BCUT2D eigenvalue weighted by atomic mass is 16.5. The van der Waals surface area contributed by atoms with Gasteiger partial charge < -0.3 is 20.2 Å². The SMILES string of the molecule is N#Cc1ccccc1OCc1ccc(C(=O)NCc2cccc(C(N)=O)c2)o1. The average Bonchev–Trinajstić information content (AvgIpc) is 3.20. The summed E-state index contributed by atoms with van der Waals surface area (Å²) in [5.41, 5.74) is 6.79. The molecule has 0 saturated heterocycles. The van der Waals surface area contributed by atoms with E-state index >= 15 is 0 Å². The number of rotatable bonds is 7. The number of nitrogens with zero attached hydrogens (tertiary/aromatic N) is 1. The lowest BCUT2D eigenvalue weighted by Crippen LogP contribution is -2.22. The van der Waals surface area contributed by atoms with Crippen LogP contribution in [0.15, 0.2) is 65.1 Å². The summed E-state index contributed by atoms with van der Waals surface area (Å²) in [6.45, 7) is 0.314. The number of amides is 2. The third-order valence-corrected chi connectivity index (χ3v) is 3.93. The van der Waals surface area contributed by atoms with Crippen molar-refractivity contribution in [1.82, 2.24) is 5.32 Å². The molecular weight excluding hydrogens is 358 g/mol. The molecular formula is C21H17N3O4. The van der Waals surface area contributed by atoms with E-state index in [0.717, 1.165) is 5.56 Å². The maximum Gasteiger partial charge on any atom is 0.287 e. The Morgan fingerprint density at radius 3 is 2.71 bits per heavy atom. The van der Waals surface area contributed by atoms with Gasteiger partial charge in [0.05, 0.1) is 5.56 Å². The standard InChI is InChI=1S/C21H17N3O4/c22-11-16-5-1-2-7-18(16)27-13-17-8-9-19(28-17)21(26)24-12-14-4-3-6-15(10-14)20(23)25/h1-10H,12-13H2,(H2,23,25)(H,24,26). The normalized spacial score (nSPS) is 10.1. The molecule has 0 fully saturated rings. The van der Waals surface area contributed by atoms with Gasteiger partial charge in [-0.05, 0) is 42.0 Å². The van der Waals surface area contributed by atoms with Crippen molar-refractivity contribution in [1.29, 1.82) is 5.26 Å². The highest BCUT2D eigenvalue weighted by Crippen LogP contribution is 2.19. The van der Waals surface area contributed by atoms with Crippen molar-refractivity contribution in [2.24, 2.45) is 5.73 Å². The second-order valence-electron chi connectivity index (χ2n) is 5.91. The van der Waals surface area contributed by atoms with E-state index in [4.69, 9.17) is 20.1 Å². The zero-order chi connectivity index (χ0) is 19.9. The summed E-state index contributed by atoms with van der Waals surface area (Å²) in [6.07, 6.45) is 0. The lowest BCUT2D eigenvalue weighted by Gasteiger charge is -2.06. The van der Waals surface area contributed by atoms with E-state index in [1.165, 1.54) is 0 Å². The van der Waals surface area contributed by atoms with E-state index < -0.39 is 11.8 Å². The lowest BCUT2D eigenvalue weighted by atomic mass is 10.1. The van der Waals surface area contributed by atoms with Crippen molar-refractivity contribution in [2.75, 3.05) is 0 Å². The molecule has 0 spiro atoms. The molecule has 3 aromatic rings. The number of para-hydroxylation sites is 1. The Bertz CT molecular complexity index is 1050. The Morgan fingerprint density at radius 2 is 1.93 bits per heavy atom. The summed E-state index contributed by atoms with van der Waals surface area (Å²) >= 11 is 0. The number of ether oxygens (including phenoxy) is 1. The van der Waals surface area contributed by atoms with Gasteiger partial charge in [0.1, 0.15) is 24.2 Å². The van der Waals surface area contributed by atoms with Crippen molar-refractivity contribution in [3.05, 3.63) is 88.9 Å². The zero-order valence-corrected chi connectivity index (χ0v) is 14.8. The van der Waals surface area contributed by atoms with Gasteiger partial charge in [0.2, 0.25) is 5.91 Å². The Labute approximate surface area is 161 Å². The van der Waals surface area contributed by atoms with E-state index in [1.807, 2.05) is 6.07 Å². The van der Waals surface area contributed by atoms with Gasteiger partial charge in [-0.2, -0.15) is 5.26 Å². The van der Waals surface area contributed by atoms with Crippen LogP contribution >= 0.6 is 0 Å². The lowest BCUT2D eigenvalue weighted by molar-refractivity contribution is 0.0918. The number of hydrogen-bond donors (Lipinski definition) is 2. The van der Waals surface area contributed by atoms with E-state index in [0.29, 0.717) is 22.6 Å². The molecule has 0 aliphatic rings. The largest absolute Gasteiger partial charge is 0.484 e. The molecule has 0 bridgehead atoms. The summed E-state index contributed by atoms with van der Waals surface area (Å²) in [6, 6.07) is 18.8. The molecule has 3 N–H and O–H groups in total. The van der Waals surface area contributed by atoms with Crippen molar-refractivity contribution < 1.29 is 18.7 Å². The Balaban J connectivity index is 1.57. The maximum absolute atomic E-state index is 12.2. The van der Waals surface area contributed by atoms with Gasteiger partial charge in [0.15, 0.2) is 5.76 Å². The second kappa shape index (κ2) is 8.56. The molecule has 0 saturated carbocycles. The molecule has 0 unspecified atom stereocenters. The first-order valence-corrected chi connectivity index (χ1v) is 8.44. The van der Waals surface area contributed by atoms with Crippen molar-refractivity contribution >= 4 is 11.8 Å². The fourth-order valence-corrected chi connectivity index (χ4v) is 2.52. The Morgan fingerprint density at radius 1 is 1.11 bits per heavy atom. The highest BCUT2D eigenvalue weighted by molar-refractivity contribution is 5.93. The molecule has 140 valence electrons. The fraction of sp³-hybridized carbons (Fsp3) is 0.0952. The molecule has 7 nitrogen and oxygen atoms in total. The zero-order valence-electron chi connectivity index (χ0n) is 14.8. The van der Waals surface area contributed by atoms with Gasteiger partial charge in [-0.1, -0.05) is 24.3 Å². The number of nitrogens with two attached hydrogens (primary N) is 1. The number of hydrogen-bond acceptors (Lipinski definition) is 5. The summed E-state index contributed by atoms with van der Waals surface area (Å²) in [5.74, 6) is 0.114. The topological polar surface area (TPSA) is 118 Å². The monoisotopic (exact) mass is 375 g/mol. The van der Waals surface area contributed by atoms with E-state index in [2.05, 4.69) is 5.32 Å². The van der Waals surface area contributed by atoms with Crippen LogP contribution in [0.3, 0.4) is 0 Å². The minimum Gasteiger partial charge on any atom is -0.484 e. The summed E-state index contributed by atoms with van der Waals surface area (Å²) in [5, 5.41) is 11.8. The molecule has 0 aliphatic heterocycles. The van der Waals surface area contributed by atoms with Crippen LogP contribution in [0.4, 0.5) is 0 Å². The van der Waals surface area contributed by atoms with Gasteiger partial charge in [0.25, 0.3) is 5.91 Å². The molecule has 0 radical (unpaired) electrons. The Kier molecular flexibility index (Phi) is 5.72.